The third-order valence-corrected chi connectivity index (χ3v) is 4.68. The first-order chi connectivity index (χ1) is 12.5. The number of halogens is 1. The SMILES string of the molecule is CCOC(=O)[C@@]1(C)C=C(Nc2ccc(Br)cc2)C(=O)N1c1ccccc1. The lowest BCUT2D eigenvalue weighted by molar-refractivity contribution is -0.147. The maximum atomic E-state index is 13.1. The van der Waals surface area contributed by atoms with Gasteiger partial charge in [0.2, 0.25) is 0 Å². The van der Waals surface area contributed by atoms with Gasteiger partial charge in [-0.15, -0.1) is 0 Å². The maximum Gasteiger partial charge on any atom is 0.336 e. The van der Waals surface area contributed by atoms with Crippen LogP contribution >= 0.6 is 15.9 Å². The minimum atomic E-state index is -1.22. The fraction of sp³-hybridized carbons (Fsp3) is 0.200. The molecule has 26 heavy (non-hydrogen) atoms. The predicted molar refractivity (Wildman–Crippen MR) is 105 cm³/mol. The van der Waals surface area contributed by atoms with Crippen LogP contribution in [0.4, 0.5) is 11.4 Å². The molecule has 1 heterocycles. The maximum absolute atomic E-state index is 13.1. The molecule has 0 saturated heterocycles. The summed E-state index contributed by atoms with van der Waals surface area (Å²) in [6, 6.07) is 16.6. The highest BCUT2D eigenvalue weighted by molar-refractivity contribution is 9.10. The van der Waals surface area contributed by atoms with Gasteiger partial charge in [-0.3, -0.25) is 9.69 Å². The highest BCUT2D eigenvalue weighted by Gasteiger charge is 2.49. The van der Waals surface area contributed by atoms with Crippen molar-refractivity contribution in [2.45, 2.75) is 19.4 Å². The number of anilines is 2. The van der Waals surface area contributed by atoms with Crippen LogP contribution in [0.5, 0.6) is 0 Å². The van der Waals surface area contributed by atoms with Gasteiger partial charge in [-0.25, -0.2) is 4.79 Å². The van der Waals surface area contributed by atoms with Crippen LogP contribution in [0.2, 0.25) is 0 Å². The third kappa shape index (κ3) is 3.37. The third-order valence-electron chi connectivity index (χ3n) is 4.15. The summed E-state index contributed by atoms with van der Waals surface area (Å²) in [4.78, 5) is 27.2. The number of carbonyl (C=O) groups excluding carboxylic acids is 2. The zero-order chi connectivity index (χ0) is 18.7. The van der Waals surface area contributed by atoms with E-state index in [0.29, 0.717) is 11.4 Å². The van der Waals surface area contributed by atoms with Crippen molar-refractivity contribution in [3.05, 3.63) is 70.8 Å². The Bertz CT molecular complexity index is 849. The molecule has 1 N–H and O–H groups in total. The molecule has 2 aromatic carbocycles. The van der Waals surface area contributed by atoms with Crippen molar-refractivity contribution in [3.63, 3.8) is 0 Å². The minimum absolute atomic E-state index is 0.245. The predicted octanol–water partition coefficient (Wildman–Crippen LogP) is 4.11. The summed E-state index contributed by atoms with van der Waals surface area (Å²) in [6.07, 6.45) is 1.63. The Morgan fingerprint density at radius 2 is 1.81 bits per heavy atom. The van der Waals surface area contributed by atoms with Crippen LogP contribution in [-0.2, 0) is 14.3 Å². The highest BCUT2D eigenvalue weighted by Crippen LogP contribution is 2.35. The van der Waals surface area contributed by atoms with E-state index in [1.807, 2.05) is 42.5 Å². The van der Waals surface area contributed by atoms with E-state index in [-0.39, 0.29) is 12.5 Å². The Morgan fingerprint density at radius 1 is 1.15 bits per heavy atom. The van der Waals surface area contributed by atoms with Crippen LogP contribution in [-0.4, -0.2) is 24.0 Å². The number of carbonyl (C=O) groups is 2. The molecule has 0 spiro atoms. The van der Waals surface area contributed by atoms with Gasteiger partial charge in [0.25, 0.3) is 5.91 Å². The van der Waals surface area contributed by atoms with Crippen LogP contribution in [0.1, 0.15) is 13.8 Å². The molecule has 1 atom stereocenters. The largest absolute Gasteiger partial charge is 0.464 e. The number of para-hydroxylation sites is 1. The van der Waals surface area contributed by atoms with Crippen molar-refractivity contribution in [2.24, 2.45) is 0 Å². The number of ether oxygens (including phenoxy) is 1. The summed E-state index contributed by atoms with van der Waals surface area (Å²) < 4.78 is 6.17. The van der Waals surface area contributed by atoms with Gasteiger partial charge in [0.1, 0.15) is 5.70 Å². The van der Waals surface area contributed by atoms with Crippen molar-refractivity contribution < 1.29 is 14.3 Å². The van der Waals surface area contributed by atoms with Crippen molar-refractivity contribution in [2.75, 3.05) is 16.8 Å². The number of nitrogens with zero attached hydrogens (tertiary/aromatic N) is 1. The first-order valence-electron chi connectivity index (χ1n) is 8.28. The average molecular weight is 415 g/mol. The van der Waals surface area contributed by atoms with Gasteiger partial charge in [-0.05, 0) is 56.3 Å². The lowest BCUT2D eigenvalue weighted by Gasteiger charge is -2.32. The van der Waals surface area contributed by atoms with E-state index in [2.05, 4.69) is 21.2 Å². The summed E-state index contributed by atoms with van der Waals surface area (Å²) >= 11 is 3.39. The number of benzene rings is 2. The molecule has 1 amide bonds. The number of amides is 1. The summed E-state index contributed by atoms with van der Waals surface area (Å²) in [5.74, 6) is -0.750. The van der Waals surface area contributed by atoms with Crippen molar-refractivity contribution >= 4 is 39.2 Å². The number of hydrogen-bond donors (Lipinski definition) is 1. The van der Waals surface area contributed by atoms with Crippen LogP contribution in [0.3, 0.4) is 0 Å². The Balaban J connectivity index is 1.99. The van der Waals surface area contributed by atoms with Gasteiger partial charge >= 0.3 is 5.97 Å². The molecule has 0 radical (unpaired) electrons. The van der Waals surface area contributed by atoms with Gasteiger partial charge in [-0.2, -0.15) is 0 Å². The van der Waals surface area contributed by atoms with E-state index < -0.39 is 11.5 Å². The standard InChI is InChI=1S/C20H19BrN2O3/c1-3-26-19(25)20(2)13-17(22-15-11-9-14(21)10-12-15)18(24)23(20)16-7-5-4-6-8-16/h4-13,22H,3H2,1-2H3/t20-/m1/s1. The van der Waals surface area contributed by atoms with E-state index >= 15 is 0 Å². The zero-order valence-corrected chi connectivity index (χ0v) is 16.1. The van der Waals surface area contributed by atoms with Gasteiger partial charge in [0.15, 0.2) is 5.54 Å². The van der Waals surface area contributed by atoms with Crippen LogP contribution in [0.15, 0.2) is 70.8 Å². The summed E-state index contributed by atoms with van der Waals surface area (Å²) in [5, 5.41) is 3.11. The fourth-order valence-corrected chi connectivity index (χ4v) is 3.17. The topological polar surface area (TPSA) is 58.6 Å². The second kappa shape index (κ2) is 7.33. The molecule has 1 aliphatic rings. The van der Waals surface area contributed by atoms with E-state index in [1.54, 1.807) is 32.1 Å². The number of hydrogen-bond acceptors (Lipinski definition) is 4. The lowest BCUT2D eigenvalue weighted by Crippen LogP contribution is -2.51. The molecular weight excluding hydrogens is 396 g/mol. The normalized spacial score (nSPS) is 19.3. The average Bonchev–Trinajstić information content (AvgIpc) is 2.89. The van der Waals surface area contributed by atoms with Crippen molar-refractivity contribution in [3.8, 4) is 0 Å². The highest BCUT2D eigenvalue weighted by atomic mass is 79.9. The summed E-state index contributed by atoms with van der Waals surface area (Å²) in [5.41, 5.74) is 0.518. The minimum Gasteiger partial charge on any atom is -0.464 e. The molecule has 2 aromatic rings. The molecule has 0 aromatic heterocycles. The number of esters is 1. The van der Waals surface area contributed by atoms with Gasteiger partial charge in [0.05, 0.1) is 6.61 Å². The van der Waals surface area contributed by atoms with Crippen LogP contribution < -0.4 is 10.2 Å². The molecule has 5 nitrogen and oxygen atoms in total. The first kappa shape index (κ1) is 18.2. The second-order valence-corrected chi connectivity index (χ2v) is 6.95. The molecule has 0 aliphatic carbocycles. The first-order valence-corrected chi connectivity index (χ1v) is 9.07. The molecule has 0 bridgehead atoms. The summed E-state index contributed by atoms with van der Waals surface area (Å²) in [7, 11) is 0. The van der Waals surface area contributed by atoms with E-state index in [0.717, 1.165) is 10.2 Å². The molecule has 0 unspecified atom stereocenters. The fourth-order valence-electron chi connectivity index (χ4n) is 2.91. The van der Waals surface area contributed by atoms with E-state index in [9.17, 15) is 9.59 Å². The van der Waals surface area contributed by atoms with Crippen molar-refractivity contribution in [1.82, 2.24) is 0 Å². The van der Waals surface area contributed by atoms with Crippen LogP contribution in [0.25, 0.3) is 0 Å². The van der Waals surface area contributed by atoms with Gasteiger partial charge in [-0.1, -0.05) is 34.1 Å². The molecule has 0 saturated carbocycles. The van der Waals surface area contributed by atoms with Gasteiger partial charge < -0.3 is 10.1 Å². The van der Waals surface area contributed by atoms with E-state index in [4.69, 9.17) is 4.74 Å². The van der Waals surface area contributed by atoms with Gasteiger partial charge in [0, 0.05) is 15.8 Å². The molecule has 1 aliphatic heterocycles. The summed E-state index contributed by atoms with van der Waals surface area (Å²) in [6.45, 7) is 3.68. The molecule has 6 heteroatoms. The van der Waals surface area contributed by atoms with Crippen molar-refractivity contribution in [1.29, 1.82) is 0 Å². The molecular formula is C20H19BrN2O3. The Morgan fingerprint density at radius 3 is 2.42 bits per heavy atom. The molecule has 0 fully saturated rings. The Kier molecular flexibility index (Phi) is 5.13. The molecule has 134 valence electrons. The Hall–Kier alpha value is -2.60. The monoisotopic (exact) mass is 414 g/mol. The smallest absolute Gasteiger partial charge is 0.336 e. The number of nitrogens with one attached hydrogen (secondary N) is 1. The second-order valence-electron chi connectivity index (χ2n) is 6.03. The number of rotatable bonds is 5. The zero-order valence-electron chi connectivity index (χ0n) is 14.5. The molecule has 3 rings (SSSR count). The lowest BCUT2D eigenvalue weighted by atomic mass is 10.0. The van der Waals surface area contributed by atoms with E-state index in [1.165, 1.54) is 4.90 Å². The van der Waals surface area contributed by atoms with Crippen LogP contribution in [0, 0.1) is 0 Å². The Labute approximate surface area is 160 Å². The quantitative estimate of drug-likeness (QED) is 0.747.